The number of carbonyl (C=O) groups is 1. The molecule has 0 aliphatic carbocycles. The van der Waals surface area contributed by atoms with E-state index >= 15 is 0 Å². The average Bonchev–Trinajstić information content (AvgIpc) is 3.21. The van der Waals surface area contributed by atoms with Gasteiger partial charge in [0.25, 0.3) is 0 Å². The van der Waals surface area contributed by atoms with E-state index in [0.29, 0.717) is 22.2 Å². The zero-order valence-corrected chi connectivity index (χ0v) is 19.9. The molecule has 1 amide bonds. The lowest BCUT2D eigenvalue weighted by molar-refractivity contribution is 0.0721. The molecule has 8 heteroatoms. The Morgan fingerprint density at radius 3 is 2.44 bits per heavy atom. The van der Waals surface area contributed by atoms with Crippen LogP contribution in [0.15, 0.2) is 72.8 Å². The average molecular weight is 503 g/mol. The Kier molecular flexibility index (Phi) is 8.06. The van der Waals surface area contributed by atoms with Crippen LogP contribution in [0.25, 0.3) is 0 Å². The molecule has 0 radical (unpaired) electrons. The van der Waals surface area contributed by atoms with Gasteiger partial charge in [-0.2, -0.15) is 0 Å². The van der Waals surface area contributed by atoms with Crippen LogP contribution < -0.4 is 0 Å². The summed E-state index contributed by atoms with van der Waals surface area (Å²) in [6.07, 6.45) is -1.32. The molecular weight excluding hydrogens is 478 g/mol. The molecule has 0 spiro atoms. The second kappa shape index (κ2) is 11.2. The monoisotopic (exact) mass is 502 g/mol. The molecule has 0 saturated carbocycles. The van der Waals surface area contributed by atoms with Gasteiger partial charge in [0.05, 0.1) is 18.7 Å². The van der Waals surface area contributed by atoms with Gasteiger partial charge < -0.3 is 14.7 Å². The van der Waals surface area contributed by atoms with E-state index in [1.165, 1.54) is 11.0 Å². The van der Waals surface area contributed by atoms with Crippen molar-refractivity contribution in [3.63, 3.8) is 0 Å². The van der Waals surface area contributed by atoms with E-state index in [0.717, 1.165) is 11.1 Å². The third kappa shape index (κ3) is 6.27. The molecule has 5 nitrogen and oxygen atoms in total. The lowest BCUT2D eigenvalue weighted by Gasteiger charge is -2.31. The fraction of sp³-hybridized carbons (Fsp3) is 0.269. The lowest BCUT2D eigenvalue weighted by atomic mass is 10.1. The van der Waals surface area contributed by atoms with Crippen LogP contribution in [-0.4, -0.2) is 46.2 Å². The Morgan fingerprint density at radius 2 is 1.71 bits per heavy atom. The van der Waals surface area contributed by atoms with Crippen molar-refractivity contribution in [3.05, 3.63) is 105 Å². The molecule has 0 aromatic heterocycles. The first-order chi connectivity index (χ1) is 16.4. The quantitative estimate of drug-likeness (QED) is 0.462. The van der Waals surface area contributed by atoms with Crippen LogP contribution in [0.1, 0.15) is 16.7 Å². The SMILES string of the molecule is O=C(OCc1ccccc1)N1C[C@@H](O)[C@H](N(Cc2cccc(Cl)c2)Cc2ccc(Cl)cc2F)C1. The Labute approximate surface area is 208 Å². The van der Waals surface area contributed by atoms with E-state index in [4.69, 9.17) is 27.9 Å². The molecule has 4 rings (SSSR count). The first-order valence-electron chi connectivity index (χ1n) is 10.9. The van der Waals surface area contributed by atoms with Crippen molar-refractivity contribution in [2.45, 2.75) is 31.8 Å². The van der Waals surface area contributed by atoms with Crippen molar-refractivity contribution < 1.29 is 19.0 Å². The van der Waals surface area contributed by atoms with Gasteiger partial charge in [-0.05, 0) is 35.4 Å². The second-order valence-corrected chi connectivity index (χ2v) is 9.22. The molecule has 34 heavy (non-hydrogen) atoms. The molecule has 3 aromatic carbocycles. The number of aliphatic hydroxyl groups excluding tert-OH is 1. The number of rotatable bonds is 7. The molecular formula is C26H25Cl2FN2O3. The number of nitrogens with zero attached hydrogens (tertiary/aromatic N) is 2. The number of benzene rings is 3. The number of hydrogen-bond donors (Lipinski definition) is 1. The molecule has 1 heterocycles. The second-order valence-electron chi connectivity index (χ2n) is 8.35. The summed E-state index contributed by atoms with van der Waals surface area (Å²) in [5.74, 6) is -0.421. The number of ether oxygens (including phenoxy) is 1. The number of halogens is 3. The third-order valence-corrected chi connectivity index (χ3v) is 6.32. The molecule has 1 saturated heterocycles. The maximum absolute atomic E-state index is 14.6. The predicted octanol–water partition coefficient (Wildman–Crippen LogP) is 5.52. The third-order valence-electron chi connectivity index (χ3n) is 5.85. The summed E-state index contributed by atoms with van der Waals surface area (Å²) in [7, 11) is 0. The summed E-state index contributed by atoms with van der Waals surface area (Å²) < 4.78 is 20.0. The number of aliphatic hydroxyl groups is 1. The Hall–Kier alpha value is -2.64. The van der Waals surface area contributed by atoms with Crippen molar-refractivity contribution in [2.24, 2.45) is 0 Å². The lowest BCUT2D eigenvalue weighted by Crippen LogP contribution is -2.42. The predicted molar refractivity (Wildman–Crippen MR) is 130 cm³/mol. The summed E-state index contributed by atoms with van der Waals surface area (Å²) >= 11 is 12.1. The molecule has 1 aliphatic heterocycles. The molecule has 1 aliphatic rings. The number of carbonyl (C=O) groups excluding carboxylic acids is 1. The van der Waals surface area contributed by atoms with Crippen LogP contribution >= 0.6 is 23.2 Å². The maximum Gasteiger partial charge on any atom is 0.410 e. The zero-order chi connectivity index (χ0) is 24.1. The van der Waals surface area contributed by atoms with Crippen LogP contribution in [0.3, 0.4) is 0 Å². The number of amides is 1. The fourth-order valence-corrected chi connectivity index (χ4v) is 4.49. The minimum absolute atomic E-state index is 0.132. The van der Waals surface area contributed by atoms with Gasteiger partial charge in [0, 0.05) is 35.2 Å². The van der Waals surface area contributed by atoms with Gasteiger partial charge in [0.2, 0.25) is 0 Å². The van der Waals surface area contributed by atoms with Crippen molar-refractivity contribution in [1.82, 2.24) is 9.80 Å². The van der Waals surface area contributed by atoms with Gasteiger partial charge >= 0.3 is 6.09 Å². The van der Waals surface area contributed by atoms with Crippen LogP contribution in [0.5, 0.6) is 0 Å². The molecule has 1 N–H and O–H groups in total. The Balaban J connectivity index is 1.49. The summed E-state index contributed by atoms with van der Waals surface area (Å²) in [6, 6.07) is 20.9. The van der Waals surface area contributed by atoms with E-state index in [1.807, 2.05) is 53.4 Å². The summed E-state index contributed by atoms with van der Waals surface area (Å²) in [5, 5.41) is 11.8. The highest BCUT2D eigenvalue weighted by Crippen LogP contribution is 2.25. The highest BCUT2D eigenvalue weighted by molar-refractivity contribution is 6.30. The minimum Gasteiger partial charge on any atom is -0.445 e. The molecule has 3 aromatic rings. The van der Waals surface area contributed by atoms with Gasteiger partial charge in [-0.25, -0.2) is 9.18 Å². The van der Waals surface area contributed by atoms with Crippen molar-refractivity contribution in [3.8, 4) is 0 Å². The normalized spacial score (nSPS) is 17.9. The van der Waals surface area contributed by atoms with Gasteiger partial charge in [-0.1, -0.05) is 71.7 Å². The van der Waals surface area contributed by atoms with Gasteiger partial charge in [-0.3, -0.25) is 4.90 Å². The van der Waals surface area contributed by atoms with E-state index in [9.17, 15) is 14.3 Å². The van der Waals surface area contributed by atoms with Crippen molar-refractivity contribution in [1.29, 1.82) is 0 Å². The summed E-state index contributed by atoms with van der Waals surface area (Å²) in [6.45, 7) is 1.18. The van der Waals surface area contributed by atoms with Crippen LogP contribution in [0.2, 0.25) is 10.0 Å². The highest BCUT2D eigenvalue weighted by Gasteiger charge is 2.38. The maximum atomic E-state index is 14.6. The Morgan fingerprint density at radius 1 is 0.971 bits per heavy atom. The van der Waals surface area contributed by atoms with Crippen molar-refractivity contribution in [2.75, 3.05) is 13.1 Å². The van der Waals surface area contributed by atoms with Gasteiger partial charge in [-0.15, -0.1) is 0 Å². The molecule has 2 atom stereocenters. The fourth-order valence-electron chi connectivity index (χ4n) is 4.12. The van der Waals surface area contributed by atoms with Crippen LogP contribution in [0.4, 0.5) is 9.18 Å². The Bertz CT molecular complexity index is 1130. The van der Waals surface area contributed by atoms with E-state index in [-0.39, 0.29) is 26.2 Å². The molecule has 178 valence electrons. The van der Waals surface area contributed by atoms with E-state index in [2.05, 4.69) is 0 Å². The molecule has 0 unspecified atom stereocenters. The first-order valence-corrected chi connectivity index (χ1v) is 11.7. The largest absolute Gasteiger partial charge is 0.445 e. The standard InChI is InChI=1S/C26H25Cl2FN2O3/c27-21-8-4-7-19(11-21)13-30(14-20-9-10-22(28)12-23(20)29)24-15-31(16-25(24)32)26(33)34-17-18-5-2-1-3-6-18/h1-12,24-25,32H,13-17H2/t24-,25-/m1/s1. The molecule has 1 fully saturated rings. The smallest absolute Gasteiger partial charge is 0.410 e. The molecule has 0 bridgehead atoms. The number of likely N-dealkylation sites (tertiary alicyclic amines) is 1. The van der Waals surface area contributed by atoms with E-state index in [1.54, 1.807) is 18.2 Å². The highest BCUT2D eigenvalue weighted by atomic mass is 35.5. The van der Waals surface area contributed by atoms with Crippen LogP contribution in [-0.2, 0) is 24.4 Å². The summed E-state index contributed by atoms with van der Waals surface area (Å²) in [5.41, 5.74) is 2.25. The summed E-state index contributed by atoms with van der Waals surface area (Å²) in [4.78, 5) is 16.1. The van der Waals surface area contributed by atoms with Gasteiger partial charge in [0.15, 0.2) is 0 Å². The van der Waals surface area contributed by atoms with Crippen LogP contribution in [0, 0.1) is 5.82 Å². The number of β-amino-alcohol motifs (C(OH)–C–C–N with tert-alkyl or cyclic N) is 1. The zero-order valence-electron chi connectivity index (χ0n) is 18.4. The van der Waals surface area contributed by atoms with E-state index < -0.39 is 24.1 Å². The first kappa shape index (κ1) is 24.5. The topological polar surface area (TPSA) is 53.0 Å². The number of hydrogen-bond acceptors (Lipinski definition) is 4. The minimum atomic E-state index is -0.821. The van der Waals surface area contributed by atoms with Gasteiger partial charge in [0.1, 0.15) is 12.4 Å². The van der Waals surface area contributed by atoms with Crippen molar-refractivity contribution >= 4 is 29.3 Å².